The number of hydrogen-bond donors (Lipinski definition) is 2. The van der Waals surface area contributed by atoms with E-state index in [0.29, 0.717) is 12.0 Å². The van der Waals surface area contributed by atoms with E-state index in [4.69, 9.17) is 10.5 Å². The van der Waals surface area contributed by atoms with Crippen molar-refractivity contribution in [3.63, 3.8) is 0 Å². The second kappa shape index (κ2) is 7.78. The molecule has 1 rings (SSSR count). The molecule has 0 saturated heterocycles. The van der Waals surface area contributed by atoms with E-state index in [9.17, 15) is 9.59 Å². The number of carbonyl (C=O) groups excluding carboxylic acids is 2. The van der Waals surface area contributed by atoms with Gasteiger partial charge >= 0.3 is 5.97 Å². The molecule has 0 aliphatic carbocycles. The number of ether oxygens (including phenoxy) is 1. The highest BCUT2D eigenvalue weighted by Crippen LogP contribution is 2.13. The molecule has 0 radical (unpaired) electrons. The normalized spacial score (nSPS) is 13.6. The van der Waals surface area contributed by atoms with Gasteiger partial charge in [0.25, 0.3) is 0 Å². The van der Waals surface area contributed by atoms with E-state index in [1.54, 1.807) is 0 Å². The third-order valence-corrected chi connectivity index (χ3v) is 3.23. The fourth-order valence-corrected chi connectivity index (χ4v) is 2.01. The van der Waals surface area contributed by atoms with E-state index in [0.717, 1.165) is 5.56 Å². The zero-order chi connectivity index (χ0) is 16.0. The Morgan fingerprint density at radius 3 is 2.29 bits per heavy atom. The lowest BCUT2D eigenvalue weighted by molar-refractivity contribution is -0.145. The molecule has 2 atom stereocenters. The molecule has 1 unspecified atom stereocenters. The third-order valence-electron chi connectivity index (χ3n) is 3.23. The van der Waals surface area contributed by atoms with Gasteiger partial charge in [-0.2, -0.15) is 0 Å². The molecule has 1 aromatic rings. The van der Waals surface area contributed by atoms with Crippen molar-refractivity contribution in [3.05, 3.63) is 35.4 Å². The largest absolute Gasteiger partial charge is 0.467 e. The summed E-state index contributed by atoms with van der Waals surface area (Å²) in [5.74, 6) is -0.576. The summed E-state index contributed by atoms with van der Waals surface area (Å²) in [6, 6.07) is 5.96. The first-order chi connectivity index (χ1) is 9.85. The molecular formula is C16H24N2O3. The number of rotatable bonds is 6. The van der Waals surface area contributed by atoms with Crippen molar-refractivity contribution in [2.24, 2.45) is 11.7 Å². The summed E-state index contributed by atoms with van der Waals surface area (Å²) in [5, 5.41) is 2.67. The standard InChI is InChI=1S/C16H24N2O3/c1-10(2)9-13(16(20)21-4)18-15(19)14(17)12-7-5-11(3)6-8-12/h5-8,10,13-14H,9,17H2,1-4H3,(H,18,19)/t13-,14?/m0/s1. The molecule has 0 aliphatic heterocycles. The van der Waals surface area contributed by atoms with Gasteiger partial charge in [0.05, 0.1) is 7.11 Å². The van der Waals surface area contributed by atoms with E-state index in [2.05, 4.69) is 5.32 Å². The molecule has 116 valence electrons. The van der Waals surface area contributed by atoms with Gasteiger partial charge in [0.15, 0.2) is 0 Å². The maximum atomic E-state index is 12.2. The van der Waals surface area contributed by atoms with Gasteiger partial charge in [0.1, 0.15) is 12.1 Å². The average Bonchev–Trinajstić information content (AvgIpc) is 2.45. The number of esters is 1. The zero-order valence-corrected chi connectivity index (χ0v) is 13.1. The Balaban J connectivity index is 2.76. The highest BCUT2D eigenvalue weighted by Gasteiger charge is 2.25. The summed E-state index contributed by atoms with van der Waals surface area (Å²) < 4.78 is 4.72. The van der Waals surface area contributed by atoms with Gasteiger partial charge in [0, 0.05) is 0 Å². The first-order valence-corrected chi connectivity index (χ1v) is 7.05. The van der Waals surface area contributed by atoms with E-state index >= 15 is 0 Å². The van der Waals surface area contributed by atoms with E-state index in [-0.39, 0.29) is 11.8 Å². The Hall–Kier alpha value is -1.88. The number of benzene rings is 1. The van der Waals surface area contributed by atoms with Crippen LogP contribution in [0.15, 0.2) is 24.3 Å². The van der Waals surface area contributed by atoms with E-state index in [1.165, 1.54) is 7.11 Å². The SMILES string of the molecule is COC(=O)[C@H](CC(C)C)NC(=O)C(N)c1ccc(C)cc1. The average molecular weight is 292 g/mol. The number of nitrogens with two attached hydrogens (primary N) is 1. The predicted octanol–water partition coefficient (Wildman–Crippen LogP) is 1.70. The smallest absolute Gasteiger partial charge is 0.328 e. The zero-order valence-electron chi connectivity index (χ0n) is 13.1. The lowest BCUT2D eigenvalue weighted by Gasteiger charge is -2.20. The number of methoxy groups -OCH3 is 1. The molecule has 1 aromatic carbocycles. The fraction of sp³-hybridized carbons (Fsp3) is 0.500. The minimum Gasteiger partial charge on any atom is -0.467 e. The lowest BCUT2D eigenvalue weighted by Crippen LogP contribution is -2.46. The van der Waals surface area contributed by atoms with Crippen LogP contribution >= 0.6 is 0 Å². The van der Waals surface area contributed by atoms with Crippen LogP contribution in [-0.4, -0.2) is 25.0 Å². The molecule has 1 amide bonds. The van der Waals surface area contributed by atoms with Crippen molar-refractivity contribution in [1.29, 1.82) is 0 Å². The first-order valence-electron chi connectivity index (χ1n) is 7.05. The number of carbonyl (C=O) groups is 2. The summed E-state index contributed by atoms with van der Waals surface area (Å²) in [7, 11) is 1.31. The molecule has 0 bridgehead atoms. The van der Waals surface area contributed by atoms with Gasteiger partial charge in [0.2, 0.25) is 5.91 Å². The van der Waals surface area contributed by atoms with Crippen molar-refractivity contribution in [3.8, 4) is 0 Å². The van der Waals surface area contributed by atoms with Crippen molar-refractivity contribution in [2.45, 2.75) is 39.3 Å². The molecule has 0 spiro atoms. The van der Waals surface area contributed by atoms with Crippen LogP contribution in [0.4, 0.5) is 0 Å². The van der Waals surface area contributed by atoms with Crippen molar-refractivity contribution in [1.82, 2.24) is 5.32 Å². The van der Waals surface area contributed by atoms with Gasteiger partial charge in [-0.15, -0.1) is 0 Å². The van der Waals surface area contributed by atoms with E-state index in [1.807, 2.05) is 45.0 Å². The predicted molar refractivity (Wildman–Crippen MR) is 81.5 cm³/mol. The van der Waals surface area contributed by atoms with Crippen LogP contribution in [0.5, 0.6) is 0 Å². The molecule has 0 saturated carbocycles. The quantitative estimate of drug-likeness (QED) is 0.782. The van der Waals surface area contributed by atoms with Crippen LogP contribution in [0.1, 0.15) is 37.4 Å². The summed E-state index contributed by atoms with van der Waals surface area (Å²) in [5.41, 5.74) is 7.76. The topological polar surface area (TPSA) is 81.4 Å². The molecule has 0 aliphatic rings. The number of amides is 1. The van der Waals surface area contributed by atoms with Crippen LogP contribution in [0.2, 0.25) is 0 Å². The Morgan fingerprint density at radius 2 is 1.81 bits per heavy atom. The second-order valence-corrected chi connectivity index (χ2v) is 5.60. The Labute approximate surface area is 125 Å². The highest BCUT2D eigenvalue weighted by molar-refractivity contribution is 5.88. The maximum Gasteiger partial charge on any atom is 0.328 e. The number of nitrogens with one attached hydrogen (secondary N) is 1. The van der Waals surface area contributed by atoms with Gasteiger partial charge in [-0.05, 0) is 24.8 Å². The van der Waals surface area contributed by atoms with Gasteiger partial charge < -0.3 is 15.8 Å². The Bertz CT molecular complexity index is 483. The van der Waals surface area contributed by atoms with Crippen LogP contribution in [0.3, 0.4) is 0 Å². The minimum absolute atomic E-state index is 0.255. The molecule has 5 nitrogen and oxygen atoms in total. The molecule has 0 heterocycles. The molecule has 0 aromatic heterocycles. The van der Waals surface area contributed by atoms with Crippen LogP contribution in [0.25, 0.3) is 0 Å². The third kappa shape index (κ3) is 5.19. The number of hydrogen-bond acceptors (Lipinski definition) is 4. The first kappa shape index (κ1) is 17.2. The highest BCUT2D eigenvalue weighted by atomic mass is 16.5. The Morgan fingerprint density at radius 1 is 1.24 bits per heavy atom. The van der Waals surface area contributed by atoms with Crippen LogP contribution < -0.4 is 11.1 Å². The van der Waals surface area contributed by atoms with Gasteiger partial charge in [-0.1, -0.05) is 43.7 Å². The monoisotopic (exact) mass is 292 g/mol. The van der Waals surface area contributed by atoms with Gasteiger partial charge in [-0.3, -0.25) is 4.79 Å². The molecule has 0 fully saturated rings. The van der Waals surface area contributed by atoms with Crippen LogP contribution in [-0.2, 0) is 14.3 Å². The van der Waals surface area contributed by atoms with Gasteiger partial charge in [-0.25, -0.2) is 4.79 Å². The summed E-state index contributed by atoms with van der Waals surface area (Å²) in [4.78, 5) is 23.9. The maximum absolute atomic E-state index is 12.2. The summed E-state index contributed by atoms with van der Waals surface area (Å²) >= 11 is 0. The summed E-state index contributed by atoms with van der Waals surface area (Å²) in [6.07, 6.45) is 0.513. The second-order valence-electron chi connectivity index (χ2n) is 5.60. The lowest BCUT2D eigenvalue weighted by atomic mass is 10.0. The Kier molecular flexibility index (Phi) is 6.37. The summed E-state index contributed by atoms with van der Waals surface area (Å²) in [6.45, 7) is 5.91. The molecule has 3 N–H and O–H groups in total. The van der Waals surface area contributed by atoms with Crippen molar-refractivity contribution in [2.75, 3.05) is 7.11 Å². The minimum atomic E-state index is -0.801. The van der Waals surface area contributed by atoms with Crippen LogP contribution in [0, 0.1) is 12.8 Å². The van der Waals surface area contributed by atoms with E-state index < -0.39 is 18.1 Å². The number of aryl methyl sites for hydroxylation is 1. The van der Waals surface area contributed by atoms with Crippen molar-refractivity contribution >= 4 is 11.9 Å². The molecule has 5 heteroatoms. The molecular weight excluding hydrogens is 268 g/mol. The molecule has 21 heavy (non-hydrogen) atoms. The van der Waals surface area contributed by atoms with Crippen molar-refractivity contribution < 1.29 is 14.3 Å². The fourth-order valence-electron chi connectivity index (χ4n) is 2.01.